The second-order valence-corrected chi connectivity index (χ2v) is 4.64. The maximum atomic E-state index is 10.2. The lowest BCUT2D eigenvalue weighted by atomic mass is 9.94. The highest BCUT2D eigenvalue weighted by molar-refractivity contribution is 5.41. The third-order valence-corrected chi connectivity index (χ3v) is 3.47. The summed E-state index contributed by atoms with van der Waals surface area (Å²) in [5.74, 6) is 1.54. The van der Waals surface area contributed by atoms with Gasteiger partial charge in [0.15, 0.2) is 0 Å². The fourth-order valence-electron chi connectivity index (χ4n) is 2.52. The molecule has 0 aliphatic carbocycles. The van der Waals surface area contributed by atoms with Crippen molar-refractivity contribution >= 4 is 0 Å². The SMILES string of the molecule is COc1ccccc1C1C[C@@H](O)c2ccccc2O1. The van der Waals surface area contributed by atoms with E-state index in [1.54, 1.807) is 7.11 Å². The topological polar surface area (TPSA) is 38.7 Å². The molecule has 1 aliphatic heterocycles. The Bertz CT molecular complexity index is 580. The van der Waals surface area contributed by atoms with E-state index >= 15 is 0 Å². The summed E-state index contributed by atoms with van der Waals surface area (Å²) < 4.78 is 11.4. The summed E-state index contributed by atoms with van der Waals surface area (Å²) in [4.78, 5) is 0. The molecule has 3 nitrogen and oxygen atoms in total. The van der Waals surface area contributed by atoms with Gasteiger partial charge in [0.25, 0.3) is 0 Å². The molecule has 1 unspecified atom stereocenters. The summed E-state index contributed by atoms with van der Waals surface area (Å²) in [6, 6.07) is 15.4. The van der Waals surface area contributed by atoms with E-state index in [1.807, 2.05) is 48.5 Å². The molecule has 1 N–H and O–H groups in total. The molecule has 0 saturated carbocycles. The zero-order valence-corrected chi connectivity index (χ0v) is 10.7. The summed E-state index contributed by atoms with van der Waals surface area (Å²) in [6.45, 7) is 0. The highest BCUT2D eigenvalue weighted by Crippen LogP contribution is 2.42. The van der Waals surface area contributed by atoms with Crippen LogP contribution >= 0.6 is 0 Å². The van der Waals surface area contributed by atoms with Gasteiger partial charge < -0.3 is 14.6 Å². The van der Waals surface area contributed by atoms with Gasteiger partial charge in [-0.05, 0) is 12.1 Å². The molecule has 3 heteroatoms. The Morgan fingerprint density at radius 2 is 1.74 bits per heavy atom. The third-order valence-electron chi connectivity index (χ3n) is 3.47. The van der Waals surface area contributed by atoms with Gasteiger partial charge in [0.05, 0.1) is 13.2 Å². The van der Waals surface area contributed by atoms with Crippen molar-refractivity contribution in [2.24, 2.45) is 0 Å². The van der Waals surface area contributed by atoms with E-state index in [0.717, 1.165) is 22.6 Å². The molecule has 0 fully saturated rings. The van der Waals surface area contributed by atoms with Crippen LogP contribution in [0.4, 0.5) is 0 Å². The lowest BCUT2D eigenvalue weighted by Gasteiger charge is -2.30. The summed E-state index contributed by atoms with van der Waals surface area (Å²) >= 11 is 0. The van der Waals surface area contributed by atoms with Crippen LogP contribution < -0.4 is 9.47 Å². The molecular formula is C16H16O3. The van der Waals surface area contributed by atoms with E-state index in [4.69, 9.17) is 9.47 Å². The number of aliphatic hydroxyl groups excluding tert-OH is 1. The molecule has 1 heterocycles. The van der Waals surface area contributed by atoms with Crippen molar-refractivity contribution in [2.45, 2.75) is 18.6 Å². The molecule has 19 heavy (non-hydrogen) atoms. The van der Waals surface area contributed by atoms with Crippen LogP contribution in [0, 0.1) is 0 Å². The van der Waals surface area contributed by atoms with E-state index < -0.39 is 6.10 Å². The van der Waals surface area contributed by atoms with Gasteiger partial charge in [-0.2, -0.15) is 0 Å². The van der Waals surface area contributed by atoms with Crippen molar-refractivity contribution in [3.8, 4) is 11.5 Å². The lowest BCUT2D eigenvalue weighted by molar-refractivity contribution is 0.0645. The van der Waals surface area contributed by atoms with E-state index in [-0.39, 0.29) is 6.10 Å². The van der Waals surface area contributed by atoms with Crippen molar-refractivity contribution in [2.75, 3.05) is 7.11 Å². The number of rotatable bonds is 2. The number of benzene rings is 2. The Morgan fingerprint density at radius 3 is 2.53 bits per heavy atom. The molecule has 0 saturated heterocycles. The maximum absolute atomic E-state index is 10.2. The molecule has 2 aromatic carbocycles. The van der Waals surface area contributed by atoms with Crippen molar-refractivity contribution in [1.82, 2.24) is 0 Å². The minimum absolute atomic E-state index is 0.180. The Morgan fingerprint density at radius 1 is 1.05 bits per heavy atom. The number of hydrogen-bond acceptors (Lipinski definition) is 3. The van der Waals surface area contributed by atoms with Crippen LogP contribution in [0.1, 0.15) is 29.8 Å². The normalized spacial score (nSPS) is 21.4. The second kappa shape index (κ2) is 4.94. The van der Waals surface area contributed by atoms with Crippen LogP contribution in [0.15, 0.2) is 48.5 Å². The highest BCUT2D eigenvalue weighted by atomic mass is 16.5. The van der Waals surface area contributed by atoms with E-state index in [2.05, 4.69) is 0 Å². The second-order valence-electron chi connectivity index (χ2n) is 4.64. The predicted molar refractivity (Wildman–Crippen MR) is 72.4 cm³/mol. The number of fused-ring (bicyclic) bond motifs is 1. The lowest BCUT2D eigenvalue weighted by Crippen LogP contribution is -2.19. The van der Waals surface area contributed by atoms with Gasteiger partial charge in [-0.25, -0.2) is 0 Å². The standard InChI is InChI=1S/C16H16O3/c1-18-14-8-4-3-7-12(14)16-10-13(17)11-6-2-5-9-15(11)19-16/h2-9,13,16-17H,10H2,1H3/t13-,16?/m1/s1. The van der Waals surface area contributed by atoms with Gasteiger partial charge in [-0.1, -0.05) is 36.4 Å². The van der Waals surface area contributed by atoms with E-state index in [1.165, 1.54) is 0 Å². The summed E-state index contributed by atoms with van der Waals surface area (Å²) in [7, 11) is 1.64. The molecule has 1 aliphatic rings. The average Bonchev–Trinajstić information content (AvgIpc) is 2.47. The Hall–Kier alpha value is -2.00. The quantitative estimate of drug-likeness (QED) is 0.896. The van der Waals surface area contributed by atoms with Gasteiger partial charge >= 0.3 is 0 Å². The molecule has 2 aromatic rings. The minimum Gasteiger partial charge on any atom is -0.496 e. The van der Waals surface area contributed by atoms with Crippen LogP contribution in [0.3, 0.4) is 0 Å². The van der Waals surface area contributed by atoms with Crippen LogP contribution in [-0.4, -0.2) is 12.2 Å². The number of ether oxygens (including phenoxy) is 2. The first kappa shape index (κ1) is 12.1. The fraction of sp³-hybridized carbons (Fsp3) is 0.250. The minimum atomic E-state index is -0.500. The monoisotopic (exact) mass is 256 g/mol. The zero-order chi connectivity index (χ0) is 13.2. The molecule has 2 atom stereocenters. The Balaban J connectivity index is 1.97. The molecule has 0 spiro atoms. The number of para-hydroxylation sites is 2. The molecule has 0 bridgehead atoms. The number of aliphatic hydroxyl groups is 1. The van der Waals surface area contributed by atoms with Crippen LogP contribution in [0.5, 0.6) is 11.5 Å². The van der Waals surface area contributed by atoms with Crippen LogP contribution in [-0.2, 0) is 0 Å². The van der Waals surface area contributed by atoms with Crippen molar-refractivity contribution in [1.29, 1.82) is 0 Å². The molecule has 0 amide bonds. The summed E-state index contributed by atoms with van der Waals surface area (Å²) in [6.07, 6.45) is -0.141. The summed E-state index contributed by atoms with van der Waals surface area (Å²) in [5.41, 5.74) is 1.83. The van der Waals surface area contributed by atoms with Crippen molar-refractivity contribution in [3.05, 3.63) is 59.7 Å². The first-order valence-electron chi connectivity index (χ1n) is 6.36. The fourth-order valence-corrected chi connectivity index (χ4v) is 2.52. The average molecular weight is 256 g/mol. The van der Waals surface area contributed by atoms with E-state index in [9.17, 15) is 5.11 Å². The van der Waals surface area contributed by atoms with Gasteiger partial charge in [0.2, 0.25) is 0 Å². The van der Waals surface area contributed by atoms with Crippen molar-refractivity contribution in [3.63, 3.8) is 0 Å². The van der Waals surface area contributed by atoms with Gasteiger partial charge in [0.1, 0.15) is 17.6 Å². The van der Waals surface area contributed by atoms with Gasteiger partial charge in [0, 0.05) is 17.5 Å². The number of methoxy groups -OCH3 is 1. The molecule has 0 radical (unpaired) electrons. The van der Waals surface area contributed by atoms with E-state index in [0.29, 0.717) is 6.42 Å². The molecule has 0 aromatic heterocycles. The predicted octanol–water partition coefficient (Wildman–Crippen LogP) is 3.25. The third kappa shape index (κ3) is 2.17. The highest BCUT2D eigenvalue weighted by Gasteiger charge is 2.29. The number of hydrogen-bond donors (Lipinski definition) is 1. The first-order valence-corrected chi connectivity index (χ1v) is 6.36. The smallest absolute Gasteiger partial charge is 0.130 e. The molecule has 3 rings (SSSR count). The zero-order valence-electron chi connectivity index (χ0n) is 10.7. The van der Waals surface area contributed by atoms with Gasteiger partial charge in [-0.15, -0.1) is 0 Å². The molecular weight excluding hydrogens is 240 g/mol. The van der Waals surface area contributed by atoms with Gasteiger partial charge in [-0.3, -0.25) is 0 Å². The largest absolute Gasteiger partial charge is 0.496 e. The maximum Gasteiger partial charge on any atom is 0.130 e. The first-order chi connectivity index (χ1) is 9.29. The summed E-state index contributed by atoms with van der Waals surface area (Å²) in [5, 5.41) is 10.2. The van der Waals surface area contributed by atoms with Crippen LogP contribution in [0.25, 0.3) is 0 Å². The Kier molecular flexibility index (Phi) is 3.13. The van der Waals surface area contributed by atoms with Crippen molar-refractivity contribution < 1.29 is 14.6 Å². The Labute approximate surface area is 112 Å². The molecule has 98 valence electrons. The van der Waals surface area contributed by atoms with Crippen LogP contribution in [0.2, 0.25) is 0 Å².